The van der Waals surface area contributed by atoms with Crippen LogP contribution in [0.1, 0.15) is 0 Å². The number of carbonyl (C=O) groups excluding carboxylic acids is 2. The van der Waals surface area contributed by atoms with Gasteiger partial charge in [-0.1, -0.05) is 29.8 Å². The van der Waals surface area contributed by atoms with E-state index in [0.29, 0.717) is 10.7 Å². The molecule has 0 spiro atoms. The fourth-order valence-corrected chi connectivity index (χ4v) is 2.42. The van der Waals surface area contributed by atoms with Crippen LogP contribution >= 0.6 is 11.6 Å². The van der Waals surface area contributed by atoms with Crippen molar-refractivity contribution in [1.29, 1.82) is 0 Å². The Morgan fingerprint density at radius 1 is 0.958 bits per heavy atom. The van der Waals surface area contributed by atoms with Crippen molar-refractivity contribution >= 4 is 40.1 Å². The van der Waals surface area contributed by atoms with Crippen molar-refractivity contribution in [2.24, 2.45) is 0 Å². The molecular formula is C17H15ClN4O2. The van der Waals surface area contributed by atoms with E-state index in [4.69, 9.17) is 11.6 Å². The Morgan fingerprint density at radius 3 is 2.50 bits per heavy atom. The largest absolute Gasteiger partial charge is 0.338 e. The molecule has 0 radical (unpaired) electrons. The number of benzene rings is 2. The standard InChI is InChI=1S/C17H15ClN4O2/c18-13-5-7-14(8-6-13)19-17(24)21-20-16(23)11-22-10-9-12-3-1-2-4-15(12)22/h1-10H,11H2,(H,20,23)(H2,19,21,24). The molecule has 1 aromatic heterocycles. The van der Waals surface area contributed by atoms with Gasteiger partial charge in [-0.25, -0.2) is 10.2 Å². The van der Waals surface area contributed by atoms with E-state index >= 15 is 0 Å². The Bertz CT molecular complexity index is 874. The maximum Gasteiger partial charge on any atom is 0.337 e. The van der Waals surface area contributed by atoms with Crippen LogP contribution in [0.4, 0.5) is 10.5 Å². The quantitative estimate of drug-likeness (QED) is 0.640. The van der Waals surface area contributed by atoms with E-state index in [-0.39, 0.29) is 12.5 Å². The summed E-state index contributed by atoms with van der Waals surface area (Å²) in [4.78, 5) is 23.7. The van der Waals surface area contributed by atoms with Gasteiger partial charge >= 0.3 is 6.03 Å². The summed E-state index contributed by atoms with van der Waals surface area (Å²) < 4.78 is 1.81. The molecule has 3 aromatic rings. The van der Waals surface area contributed by atoms with Gasteiger partial charge in [-0.2, -0.15) is 0 Å². The molecule has 6 nitrogen and oxygen atoms in total. The fourth-order valence-electron chi connectivity index (χ4n) is 2.29. The average Bonchev–Trinajstić information content (AvgIpc) is 2.98. The van der Waals surface area contributed by atoms with Crippen molar-refractivity contribution < 1.29 is 9.59 Å². The minimum Gasteiger partial charge on any atom is -0.338 e. The van der Waals surface area contributed by atoms with Crippen LogP contribution in [0.5, 0.6) is 0 Å². The number of aromatic nitrogens is 1. The third-order valence-electron chi connectivity index (χ3n) is 3.41. The van der Waals surface area contributed by atoms with Crippen molar-refractivity contribution in [3.8, 4) is 0 Å². The van der Waals surface area contributed by atoms with Crippen LogP contribution in [-0.4, -0.2) is 16.5 Å². The molecule has 24 heavy (non-hydrogen) atoms. The summed E-state index contributed by atoms with van der Waals surface area (Å²) in [7, 11) is 0. The van der Waals surface area contributed by atoms with Crippen LogP contribution in [-0.2, 0) is 11.3 Å². The third-order valence-corrected chi connectivity index (χ3v) is 3.66. The lowest BCUT2D eigenvalue weighted by molar-refractivity contribution is -0.122. The van der Waals surface area contributed by atoms with Crippen LogP contribution in [0.15, 0.2) is 60.8 Å². The molecule has 2 aromatic carbocycles. The highest BCUT2D eigenvalue weighted by Gasteiger charge is 2.07. The first kappa shape index (κ1) is 15.9. The third kappa shape index (κ3) is 3.85. The molecule has 0 atom stereocenters. The molecular weight excluding hydrogens is 328 g/mol. The lowest BCUT2D eigenvalue weighted by atomic mass is 10.2. The molecule has 0 aliphatic heterocycles. The van der Waals surface area contributed by atoms with Crippen molar-refractivity contribution in [2.45, 2.75) is 6.54 Å². The van der Waals surface area contributed by atoms with Crippen LogP contribution < -0.4 is 16.2 Å². The predicted octanol–water partition coefficient (Wildman–Crippen LogP) is 3.15. The number of nitrogens with zero attached hydrogens (tertiary/aromatic N) is 1. The number of hydrogen-bond acceptors (Lipinski definition) is 2. The van der Waals surface area contributed by atoms with Crippen molar-refractivity contribution in [3.63, 3.8) is 0 Å². The number of para-hydroxylation sites is 1. The van der Waals surface area contributed by atoms with Crippen LogP contribution in [0.3, 0.4) is 0 Å². The number of halogens is 1. The minimum absolute atomic E-state index is 0.106. The molecule has 3 rings (SSSR count). The molecule has 3 N–H and O–H groups in total. The van der Waals surface area contributed by atoms with E-state index < -0.39 is 6.03 Å². The number of fused-ring (bicyclic) bond motifs is 1. The zero-order valence-corrected chi connectivity index (χ0v) is 13.4. The van der Waals surface area contributed by atoms with E-state index in [1.165, 1.54) is 0 Å². The summed E-state index contributed by atoms with van der Waals surface area (Å²) >= 11 is 5.77. The Labute approximate surface area is 143 Å². The van der Waals surface area contributed by atoms with Crippen LogP contribution in [0.2, 0.25) is 5.02 Å². The first-order chi connectivity index (χ1) is 11.6. The van der Waals surface area contributed by atoms with Gasteiger partial charge in [0, 0.05) is 22.4 Å². The number of urea groups is 1. The van der Waals surface area contributed by atoms with Gasteiger partial charge in [0.05, 0.1) is 0 Å². The second-order valence-corrected chi connectivity index (χ2v) is 5.57. The summed E-state index contributed by atoms with van der Waals surface area (Å²) in [6.07, 6.45) is 1.83. The SMILES string of the molecule is O=C(Cn1ccc2ccccc21)NNC(=O)Nc1ccc(Cl)cc1. The maximum absolute atomic E-state index is 12.0. The molecule has 1 heterocycles. The van der Waals surface area contributed by atoms with Crippen molar-refractivity contribution in [3.05, 3.63) is 65.8 Å². The lowest BCUT2D eigenvalue weighted by Gasteiger charge is -2.10. The molecule has 0 bridgehead atoms. The maximum atomic E-state index is 12.0. The number of hydrazine groups is 1. The Balaban J connectivity index is 1.52. The van der Waals surface area contributed by atoms with Gasteiger partial charge in [-0.3, -0.25) is 10.2 Å². The zero-order valence-electron chi connectivity index (χ0n) is 12.6. The van der Waals surface area contributed by atoms with Gasteiger partial charge in [0.1, 0.15) is 6.54 Å². The van der Waals surface area contributed by atoms with E-state index in [0.717, 1.165) is 10.9 Å². The molecule has 0 saturated carbocycles. The molecule has 7 heteroatoms. The monoisotopic (exact) mass is 342 g/mol. The van der Waals surface area contributed by atoms with Crippen LogP contribution in [0.25, 0.3) is 10.9 Å². The Morgan fingerprint density at radius 2 is 1.71 bits per heavy atom. The molecule has 122 valence electrons. The lowest BCUT2D eigenvalue weighted by Crippen LogP contribution is -2.45. The highest BCUT2D eigenvalue weighted by molar-refractivity contribution is 6.30. The highest BCUT2D eigenvalue weighted by atomic mass is 35.5. The second-order valence-electron chi connectivity index (χ2n) is 5.14. The molecule has 0 aliphatic carbocycles. The number of rotatable bonds is 3. The van der Waals surface area contributed by atoms with Crippen molar-refractivity contribution in [2.75, 3.05) is 5.32 Å². The first-order valence-corrected chi connectivity index (χ1v) is 7.65. The summed E-state index contributed by atoms with van der Waals surface area (Å²) in [5.74, 6) is -0.331. The molecule has 3 amide bonds. The van der Waals surface area contributed by atoms with Crippen LogP contribution in [0, 0.1) is 0 Å². The molecule has 0 aliphatic rings. The van der Waals surface area contributed by atoms with Gasteiger partial charge in [-0.05, 0) is 41.8 Å². The molecule has 0 saturated heterocycles. The second kappa shape index (κ2) is 7.06. The predicted molar refractivity (Wildman–Crippen MR) is 93.7 cm³/mol. The molecule has 0 fully saturated rings. The van der Waals surface area contributed by atoms with E-state index in [9.17, 15) is 9.59 Å². The number of amides is 3. The first-order valence-electron chi connectivity index (χ1n) is 7.27. The Hall–Kier alpha value is -2.99. The van der Waals surface area contributed by atoms with Gasteiger partial charge < -0.3 is 9.88 Å². The summed E-state index contributed by atoms with van der Waals surface area (Å²) in [5, 5.41) is 4.21. The summed E-state index contributed by atoms with van der Waals surface area (Å²) in [6, 6.07) is 15.8. The minimum atomic E-state index is -0.539. The van der Waals surface area contributed by atoms with E-state index in [1.54, 1.807) is 24.3 Å². The normalized spacial score (nSPS) is 10.4. The van der Waals surface area contributed by atoms with Gasteiger partial charge in [0.15, 0.2) is 0 Å². The smallest absolute Gasteiger partial charge is 0.337 e. The molecule has 0 unspecified atom stereocenters. The number of carbonyl (C=O) groups is 2. The average molecular weight is 343 g/mol. The van der Waals surface area contributed by atoms with Gasteiger partial charge in [0.2, 0.25) is 0 Å². The topological polar surface area (TPSA) is 75.2 Å². The van der Waals surface area contributed by atoms with E-state index in [2.05, 4.69) is 16.2 Å². The number of anilines is 1. The Kier molecular flexibility index (Phi) is 4.67. The van der Waals surface area contributed by atoms with Crippen molar-refractivity contribution in [1.82, 2.24) is 15.4 Å². The van der Waals surface area contributed by atoms with Gasteiger partial charge in [-0.15, -0.1) is 0 Å². The summed E-state index contributed by atoms with van der Waals surface area (Å²) in [5.41, 5.74) is 6.21. The number of nitrogens with one attached hydrogen (secondary N) is 3. The highest BCUT2D eigenvalue weighted by Crippen LogP contribution is 2.15. The fraction of sp³-hybridized carbons (Fsp3) is 0.0588. The van der Waals surface area contributed by atoms with E-state index in [1.807, 2.05) is 41.1 Å². The van der Waals surface area contributed by atoms with Gasteiger partial charge in [0.25, 0.3) is 5.91 Å². The summed E-state index contributed by atoms with van der Waals surface area (Å²) in [6.45, 7) is 0.106. The number of hydrogen-bond donors (Lipinski definition) is 3. The zero-order chi connectivity index (χ0) is 16.9.